The Morgan fingerprint density at radius 3 is 2.75 bits per heavy atom. The third-order valence-electron chi connectivity index (χ3n) is 4.69. The van der Waals surface area contributed by atoms with Gasteiger partial charge in [0.1, 0.15) is 0 Å². The number of piperidine rings is 1. The Labute approximate surface area is 125 Å². The quantitative estimate of drug-likeness (QED) is 0.924. The van der Waals surface area contributed by atoms with E-state index < -0.39 is 0 Å². The highest BCUT2D eigenvalue weighted by molar-refractivity contribution is 7.99. The van der Waals surface area contributed by atoms with Gasteiger partial charge in [-0.25, -0.2) is 0 Å². The zero-order chi connectivity index (χ0) is 13.8. The van der Waals surface area contributed by atoms with Crippen LogP contribution in [-0.2, 0) is 11.2 Å². The van der Waals surface area contributed by atoms with Crippen LogP contribution >= 0.6 is 11.8 Å². The Morgan fingerprint density at radius 1 is 1.25 bits per heavy atom. The van der Waals surface area contributed by atoms with E-state index in [1.165, 1.54) is 32.1 Å². The molecule has 0 unspecified atom stereocenters. The highest BCUT2D eigenvalue weighted by Crippen LogP contribution is 2.33. The lowest BCUT2D eigenvalue weighted by Crippen LogP contribution is -2.37. The minimum absolute atomic E-state index is 0.0754. The van der Waals surface area contributed by atoms with Crippen molar-refractivity contribution in [3.8, 4) is 0 Å². The Morgan fingerprint density at radius 2 is 2.00 bits per heavy atom. The highest BCUT2D eigenvalue weighted by Gasteiger charge is 2.34. The first-order valence-electron chi connectivity index (χ1n) is 7.92. The van der Waals surface area contributed by atoms with Gasteiger partial charge in [-0.2, -0.15) is 16.7 Å². The molecule has 5 heteroatoms. The van der Waals surface area contributed by atoms with Crippen molar-refractivity contribution in [2.24, 2.45) is 0 Å². The summed E-state index contributed by atoms with van der Waals surface area (Å²) in [6.45, 7) is 4.34. The van der Waals surface area contributed by atoms with E-state index in [0.29, 0.717) is 0 Å². The third kappa shape index (κ3) is 3.37. The van der Waals surface area contributed by atoms with Gasteiger partial charge < -0.3 is 9.84 Å². The summed E-state index contributed by atoms with van der Waals surface area (Å²) in [7, 11) is 0. The molecule has 1 N–H and O–H groups in total. The van der Waals surface area contributed by atoms with E-state index >= 15 is 0 Å². The molecule has 20 heavy (non-hydrogen) atoms. The minimum atomic E-state index is 0.0754. The second kappa shape index (κ2) is 6.48. The molecule has 0 aromatic carbocycles. The van der Waals surface area contributed by atoms with E-state index in [1.807, 2.05) is 11.8 Å². The molecule has 1 aromatic heterocycles. The molecule has 0 bridgehead atoms. The van der Waals surface area contributed by atoms with Gasteiger partial charge in [0, 0.05) is 10.7 Å². The first-order chi connectivity index (χ1) is 9.76. The lowest BCUT2D eigenvalue weighted by atomic mass is 9.81. The minimum Gasteiger partial charge on any atom is -0.339 e. The predicted molar refractivity (Wildman–Crippen MR) is 81.9 cm³/mol. The molecule has 4 nitrogen and oxygen atoms in total. The maximum absolute atomic E-state index is 5.54. The average molecular weight is 295 g/mol. The lowest BCUT2D eigenvalue weighted by molar-refractivity contribution is 0.240. The van der Waals surface area contributed by atoms with Crippen molar-refractivity contribution in [2.75, 3.05) is 13.1 Å². The van der Waals surface area contributed by atoms with E-state index in [0.717, 1.165) is 48.6 Å². The molecule has 3 rings (SSSR count). The van der Waals surface area contributed by atoms with Gasteiger partial charge in [-0.15, -0.1) is 0 Å². The number of rotatable bonds is 4. The summed E-state index contributed by atoms with van der Waals surface area (Å²) in [6.07, 6.45) is 9.09. The standard InChI is InChI=1S/C15H25N3OS/c1-15(7-9-16-10-8-15)14-17-13(18-19-14)11-20-12-5-3-2-4-6-12/h12,16H,2-11H2,1H3. The number of nitrogens with one attached hydrogen (secondary N) is 1. The van der Waals surface area contributed by atoms with Gasteiger partial charge in [0.15, 0.2) is 5.82 Å². The maximum Gasteiger partial charge on any atom is 0.232 e. The van der Waals surface area contributed by atoms with Crippen molar-refractivity contribution in [3.05, 3.63) is 11.7 Å². The molecule has 1 aliphatic carbocycles. The van der Waals surface area contributed by atoms with Crippen LogP contribution in [0.15, 0.2) is 4.52 Å². The van der Waals surface area contributed by atoms with Crippen LogP contribution in [0, 0.1) is 0 Å². The van der Waals surface area contributed by atoms with E-state index in [1.54, 1.807) is 0 Å². The Kier molecular flexibility index (Phi) is 4.66. The number of hydrogen-bond donors (Lipinski definition) is 1. The largest absolute Gasteiger partial charge is 0.339 e. The van der Waals surface area contributed by atoms with Crippen molar-refractivity contribution in [3.63, 3.8) is 0 Å². The SMILES string of the molecule is CC1(c2nc(CSC3CCCCC3)no2)CCNCC1. The normalized spacial score (nSPS) is 23.9. The van der Waals surface area contributed by atoms with Gasteiger partial charge >= 0.3 is 0 Å². The fourth-order valence-electron chi connectivity index (χ4n) is 3.17. The summed E-state index contributed by atoms with van der Waals surface area (Å²) in [4.78, 5) is 4.66. The molecular formula is C15H25N3OS. The smallest absolute Gasteiger partial charge is 0.232 e. The molecule has 1 saturated heterocycles. The molecule has 0 radical (unpaired) electrons. The fourth-order valence-corrected chi connectivity index (χ4v) is 4.34. The summed E-state index contributed by atoms with van der Waals surface area (Å²) in [5, 5.41) is 8.39. The van der Waals surface area contributed by atoms with Crippen LogP contribution in [0.5, 0.6) is 0 Å². The van der Waals surface area contributed by atoms with Crippen LogP contribution in [-0.4, -0.2) is 28.5 Å². The van der Waals surface area contributed by atoms with Gasteiger partial charge in [-0.1, -0.05) is 31.3 Å². The van der Waals surface area contributed by atoms with Crippen LogP contribution in [0.3, 0.4) is 0 Å². The molecule has 0 spiro atoms. The zero-order valence-corrected chi connectivity index (χ0v) is 13.2. The van der Waals surface area contributed by atoms with Gasteiger partial charge in [-0.3, -0.25) is 0 Å². The second-order valence-corrected chi connectivity index (χ2v) is 7.69. The number of nitrogens with zero attached hydrogens (tertiary/aromatic N) is 2. The van der Waals surface area contributed by atoms with Crippen molar-refractivity contribution in [1.82, 2.24) is 15.5 Å². The van der Waals surface area contributed by atoms with Crippen molar-refractivity contribution < 1.29 is 4.52 Å². The summed E-state index contributed by atoms with van der Waals surface area (Å²) in [5.74, 6) is 2.64. The number of hydrogen-bond acceptors (Lipinski definition) is 5. The summed E-state index contributed by atoms with van der Waals surface area (Å²) < 4.78 is 5.54. The first-order valence-corrected chi connectivity index (χ1v) is 8.96. The van der Waals surface area contributed by atoms with E-state index in [9.17, 15) is 0 Å². The predicted octanol–water partition coefficient (Wildman–Crippen LogP) is 3.28. The molecule has 1 aliphatic heterocycles. The molecule has 0 atom stereocenters. The Balaban J connectivity index is 1.56. The van der Waals surface area contributed by atoms with Crippen LogP contribution in [0.1, 0.15) is 63.6 Å². The van der Waals surface area contributed by atoms with E-state index in [-0.39, 0.29) is 5.41 Å². The summed E-state index contributed by atoms with van der Waals surface area (Å²) >= 11 is 2.01. The average Bonchev–Trinajstić information content (AvgIpc) is 2.97. The molecule has 2 aliphatic rings. The van der Waals surface area contributed by atoms with Crippen molar-refractivity contribution >= 4 is 11.8 Å². The van der Waals surface area contributed by atoms with Gasteiger partial charge in [-0.05, 0) is 38.8 Å². The molecular weight excluding hydrogens is 270 g/mol. The van der Waals surface area contributed by atoms with Crippen LogP contribution < -0.4 is 5.32 Å². The van der Waals surface area contributed by atoms with Crippen LogP contribution in [0.25, 0.3) is 0 Å². The molecule has 112 valence electrons. The van der Waals surface area contributed by atoms with Crippen molar-refractivity contribution in [2.45, 2.75) is 68.3 Å². The molecule has 1 aromatic rings. The van der Waals surface area contributed by atoms with Gasteiger partial charge in [0.2, 0.25) is 5.89 Å². The van der Waals surface area contributed by atoms with Crippen molar-refractivity contribution in [1.29, 1.82) is 0 Å². The highest BCUT2D eigenvalue weighted by atomic mass is 32.2. The third-order valence-corrected chi connectivity index (χ3v) is 6.06. The summed E-state index contributed by atoms with van der Waals surface area (Å²) in [5.41, 5.74) is 0.0754. The van der Waals surface area contributed by atoms with Gasteiger partial charge in [0.05, 0.1) is 5.75 Å². The fraction of sp³-hybridized carbons (Fsp3) is 0.867. The van der Waals surface area contributed by atoms with Gasteiger partial charge in [0.25, 0.3) is 0 Å². The molecule has 0 amide bonds. The Hall–Kier alpha value is -0.550. The molecule has 1 saturated carbocycles. The van der Waals surface area contributed by atoms with Crippen LogP contribution in [0.2, 0.25) is 0 Å². The maximum atomic E-state index is 5.54. The van der Waals surface area contributed by atoms with E-state index in [4.69, 9.17) is 4.52 Å². The Bertz CT molecular complexity index is 423. The molecule has 2 heterocycles. The first kappa shape index (κ1) is 14.4. The monoisotopic (exact) mass is 295 g/mol. The lowest BCUT2D eigenvalue weighted by Gasteiger charge is -2.30. The van der Waals surface area contributed by atoms with E-state index in [2.05, 4.69) is 22.4 Å². The second-order valence-electron chi connectivity index (χ2n) is 6.40. The number of aromatic nitrogens is 2. The van der Waals surface area contributed by atoms with Crippen LogP contribution in [0.4, 0.5) is 0 Å². The summed E-state index contributed by atoms with van der Waals surface area (Å²) in [6, 6.07) is 0. The zero-order valence-electron chi connectivity index (χ0n) is 12.4. The number of thioether (sulfide) groups is 1. The molecule has 2 fully saturated rings. The topological polar surface area (TPSA) is 51.0 Å².